The summed E-state index contributed by atoms with van der Waals surface area (Å²) in [5, 5.41) is 6.73. The summed E-state index contributed by atoms with van der Waals surface area (Å²) in [7, 11) is 1.69. The minimum Gasteiger partial charge on any atom is -0.307 e. The van der Waals surface area contributed by atoms with Gasteiger partial charge in [0.2, 0.25) is 0 Å². The van der Waals surface area contributed by atoms with Gasteiger partial charge in [0.1, 0.15) is 5.82 Å². The third-order valence-electron chi connectivity index (χ3n) is 2.59. The maximum absolute atomic E-state index is 12.2. The Labute approximate surface area is 123 Å². The number of nitrogens with one attached hydrogen (secondary N) is 1. The SMILES string of the molecule is Cc1cc(NC(=O)c2ccc(SC(F)(F)F)cc2)n(C)n1. The van der Waals surface area contributed by atoms with Gasteiger partial charge in [-0.1, -0.05) is 0 Å². The van der Waals surface area contributed by atoms with E-state index in [9.17, 15) is 18.0 Å². The Morgan fingerprint density at radius 3 is 2.38 bits per heavy atom. The van der Waals surface area contributed by atoms with Crippen LogP contribution in [0.1, 0.15) is 16.1 Å². The van der Waals surface area contributed by atoms with E-state index in [1.807, 2.05) is 0 Å². The third kappa shape index (κ3) is 4.25. The molecule has 0 atom stereocenters. The van der Waals surface area contributed by atoms with E-state index in [1.165, 1.54) is 28.9 Å². The molecule has 0 unspecified atom stereocenters. The van der Waals surface area contributed by atoms with E-state index in [2.05, 4.69) is 10.4 Å². The molecule has 1 heterocycles. The smallest absolute Gasteiger partial charge is 0.307 e. The van der Waals surface area contributed by atoms with E-state index in [0.29, 0.717) is 5.82 Å². The molecule has 0 aliphatic rings. The number of benzene rings is 1. The van der Waals surface area contributed by atoms with E-state index in [0.717, 1.165) is 5.69 Å². The van der Waals surface area contributed by atoms with Crippen LogP contribution in [0.15, 0.2) is 35.2 Å². The van der Waals surface area contributed by atoms with E-state index >= 15 is 0 Å². The fourth-order valence-electron chi connectivity index (χ4n) is 1.72. The van der Waals surface area contributed by atoms with Gasteiger partial charge in [0.15, 0.2) is 0 Å². The molecule has 0 spiro atoms. The first-order valence-electron chi connectivity index (χ1n) is 5.92. The van der Waals surface area contributed by atoms with Gasteiger partial charge in [-0.3, -0.25) is 9.48 Å². The summed E-state index contributed by atoms with van der Waals surface area (Å²) in [4.78, 5) is 12.0. The number of alkyl halides is 3. The predicted molar refractivity (Wildman–Crippen MR) is 74.3 cm³/mol. The fraction of sp³-hybridized carbons (Fsp3) is 0.231. The van der Waals surface area contributed by atoms with Crippen molar-refractivity contribution in [1.82, 2.24) is 9.78 Å². The summed E-state index contributed by atoms with van der Waals surface area (Å²) in [6, 6.07) is 6.94. The second-order valence-corrected chi connectivity index (χ2v) is 5.46. The summed E-state index contributed by atoms with van der Waals surface area (Å²) in [6.07, 6.45) is 0. The Balaban J connectivity index is 2.08. The Morgan fingerprint density at radius 1 is 1.29 bits per heavy atom. The molecular formula is C13H12F3N3OS. The summed E-state index contributed by atoms with van der Waals surface area (Å²) < 4.78 is 38.1. The number of nitrogens with zero attached hydrogens (tertiary/aromatic N) is 2. The normalized spacial score (nSPS) is 11.5. The monoisotopic (exact) mass is 315 g/mol. The molecule has 112 valence electrons. The molecule has 4 nitrogen and oxygen atoms in total. The lowest BCUT2D eigenvalue weighted by atomic mass is 10.2. The van der Waals surface area contributed by atoms with Crippen molar-refractivity contribution in [1.29, 1.82) is 0 Å². The topological polar surface area (TPSA) is 46.9 Å². The highest BCUT2D eigenvalue weighted by atomic mass is 32.2. The number of rotatable bonds is 3. The molecule has 1 aromatic carbocycles. The molecule has 0 radical (unpaired) electrons. The number of aromatic nitrogens is 2. The number of hydrogen-bond donors (Lipinski definition) is 1. The van der Waals surface area contributed by atoms with Gasteiger partial charge in [-0.05, 0) is 43.0 Å². The highest BCUT2D eigenvalue weighted by Crippen LogP contribution is 2.36. The van der Waals surface area contributed by atoms with Gasteiger partial charge in [-0.2, -0.15) is 18.3 Å². The molecule has 21 heavy (non-hydrogen) atoms. The summed E-state index contributed by atoms with van der Waals surface area (Å²) in [6.45, 7) is 1.79. The first-order chi connectivity index (χ1) is 9.74. The van der Waals surface area contributed by atoms with Crippen molar-refractivity contribution in [2.45, 2.75) is 17.3 Å². The van der Waals surface area contributed by atoms with Crippen molar-refractivity contribution < 1.29 is 18.0 Å². The van der Waals surface area contributed by atoms with Gasteiger partial charge < -0.3 is 5.32 Å². The van der Waals surface area contributed by atoms with Crippen LogP contribution in [0.5, 0.6) is 0 Å². The third-order valence-corrected chi connectivity index (χ3v) is 3.33. The van der Waals surface area contributed by atoms with Crippen LogP contribution in [0.25, 0.3) is 0 Å². The minimum atomic E-state index is -4.34. The quantitative estimate of drug-likeness (QED) is 0.881. The van der Waals surface area contributed by atoms with Crippen molar-refractivity contribution in [3.8, 4) is 0 Å². The van der Waals surface area contributed by atoms with E-state index in [1.54, 1.807) is 20.0 Å². The molecule has 1 aromatic heterocycles. The van der Waals surface area contributed by atoms with Crippen molar-refractivity contribution in [2.24, 2.45) is 7.05 Å². The zero-order valence-electron chi connectivity index (χ0n) is 11.2. The number of amides is 1. The average Bonchev–Trinajstić information content (AvgIpc) is 2.66. The lowest BCUT2D eigenvalue weighted by Gasteiger charge is -2.07. The molecule has 0 bridgehead atoms. The van der Waals surface area contributed by atoms with Crippen molar-refractivity contribution >= 4 is 23.5 Å². The lowest BCUT2D eigenvalue weighted by molar-refractivity contribution is -0.0328. The van der Waals surface area contributed by atoms with E-state index in [-0.39, 0.29) is 22.2 Å². The largest absolute Gasteiger partial charge is 0.446 e. The molecule has 0 saturated carbocycles. The van der Waals surface area contributed by atoms with Crippen LogP contribution in [0.4, 0.5) is 19.0 Å². The Morgan fingerprint density at radius 2 is 1.90 bits per heavy atom. The van der Waals surface area contributed by atoms with Gasteiger partial charge in [0, 0.05) is 23.6 Å². The number of thioether (sulfide) groups is 1. The van der Waals surface area contributed by atoms with Gasteiger partial charge in [0.25, 0.3) is 5.91 Å². The maximum Gasteiger partial charge on any atom is 0.446 e. The van der Waals surface area contributed by atoms with Gasteiger partial charge >= 0.3 is 5.51 Å². The summed E-state index contributed by atoms with van der Waals surface area (Å²) in [5.74, 6) is 0.118. The zero-order valence-corrected chi connectivity index (χ0v) is 12.0. The number of aryl methyl sites for hydroxylation is 2. The number of halogens is 3. The Hall–Kier alpha value is -1.96. The molecule has 2 aromatic rings. The van der Waals surface area contributed by atoms with Gasteiger partial charge in [-0.15, -0.1) is 0 Å². The second kappa shape index (κ2) is 5.80. The van der Waals surface area contributed by atoms with Crippen LogP contribution in [0.3, 0.4) is 0 Å². The maximum atomic E-state index is 12.2. The molecule has 1 N–H and O–H groups in total. The molecule has 2 rings (SSSR count). The number of carbonyl (C=O) groups excluding carboxylic acids is 1. The number of hydrogen-bond acceptors (Lipinski definition) is 3. The number of anilines is 1. The molecule has 0 aliphatic heterocycles. The highest BCUT2D eigenvalue weighted by Gasteiger charge is 2.29. The van der Waals surface area contributed by atoms with Gasteiger partial charge in [-0.25, -0.2) is 0 Å². The molecule has 8 heteroatoms. The first kappa shape index (κ1) is 15.4. The molecular weight excluding hydrogens is 303 g/mol. The van der Waals surface area contributed by atoms with Crippen LogP contribution < -0.4 is 5.32 Å². The second-order valence-electron chi connectivity index (χ2n) is 4.32. The number of carbonyl (C=O) groups is 1. The predicted octanol–water partition coefficient (Wildman–Crippen LogP) is 3.59. The van der Waals surface area contributed by atoms with Crippen molar-refractivity contribution in [3.05, 3.63) is 41.6 Å². The summed E-state index contributed by atoms with van der Waals surface area (Å²) >= 11 is -0.215. The van der Waals surface area contributed by atoms with Crippen molar-refractivity contribution in [3.63, 3.8) is 0 Å². The molecule has 0 fully saturated rings. The lowest BCUT2D eigenvalue weighted by Crippen LogP contribution is -2.14. The first-order valence-corrected chi connectivity index (χ1v) is 6.74. The molecule has 0 saturated heterocycles. The molecule has 1 amide bonds. The van der Waals surface area contributed by atoms with E-state index < -0.39 is 11.4 Å². The molecule has 0 aliphatic carbocycles. The van der Waals surface area contributed by atoms with Crippen LogP contribution >= 0.6 is 11.8 Å². The average molecular weight is 315 g/mol. The summed E-state index contributed by atoms with van der Waals surface area (Å²) in [5.41, 5.74) is -3.30. The fourth-order valence-corrected chi connectivity index (χ4v) is 2.26. The van der Waals surface area contributed by atoms with Crippen LogP contribution in [-0.2, 0) is 7.05 Å². The van der Waals surface area contributed by atoms with Crippen LogP contribution in [-0.4, -0.2) is 21.2 Å². The van der Waals surface area contributed by atoms with Crippen molar-refractivity contribution in [2.75, 3.05) is 5.32 Å². The standard InChI is InChI=1S/C13H12F3N3OS/c1-8-7-11(19(2)18-8)17-12(20)9-3-5-10(6-4-9)21-13(14,15)16/h3-7H,1-2H3,(H,17,20). The van der Waals surface area contributed by atoms with E-state index in [4.69, 9.17) is 0 Å². The highest BCUT2D eigenvalue weighted by molar-refractivity contribution is 8.00. The Kier molecular flexibility index (Phi) is 4.26. The zero-order chi connectivity index (χ0) is 15.6. The minimum absolute atomic E-state index is 0.0374. The van der Waals surface area contributed by atoms with Crippen LogP contribution in [0.2, 0.25) is 0 Å². The Bertz CT molecular complexity index is 650. The van der Waals surface area contributed by atoms with Crippen LogP contribution in [0, 0.1) is 6.92 Å². The van der Waals surface area contributed by atoms with Gasteiger partial charge in [0.05, 0.1) is 5.69 Å².